The summed E-state index contributed by atoms with van der Waals surface area (Å²) in [6.45, 7) is 4.74. The summed E-state index contributed by atoms with van der Waals surface area (Å²) >= 11 is 0. The summed E-state index contributed by atoms with van der Waals surface area (Å²) in [5.74, 6) is -0.0736. The van der Waals surface area contributed by atoms with Gasteiger partial charge in [0.05, 0.1) is 18.7 Å². The zero-order valence-electron chi connectivity index (χ0n) is 19.0. The molecule has 1 aliphatic rings. The van der Waals surface area contributed by atoms with Crippen LogP contribution in [0.5, 0.6) is 5.75 Å². The van der Waals surface area contributed by atoms with E-state index in [2.05, 4.69) is 4.98 Å². The number of anilines is 1. The number of carbonyl (C=O) groups excluding carboxylic acids is 3. The molecule has 0 radical (unpaired) electrons. The van der Waals surface area contributed by atoms with E-state index in [0.29, 0.717) is 43.9 Å². The van der Waals surface area contributed by atoms with Crippen LogP contribution in [0.3, 0.4) is 0 Å². The molecule has 0 aliphatic carbocycles. The van der Waals surface area contributed by atoms with E-state index in [4.69, 9.17) is 4.74 Å². The second-order valence-electron chi connectivity index (χ2n) is 8.16. The lowest BCUT2D eigenvalue weighted by molar-refractivity contribution is -0.138. The summed E-state index contributed by atoms with van der Waals surface area (Å²) < 4.78 is 5.45. The number of hydrogen-bond donors (Lipinski definition) is 1. The molecule has 3 amide bonds. The number of fused-ring (bicyclic) bond motifs is 1. The van der Waals surface area contributed by atoms with Gasteiger partial charge in [-0.2, -0.15) is 0 Å². The van der Waals surface area contributed by atoms with Gasteiger partial charge in [-0.3, -0.25) is 14.4 Å². The van der Waals surface area contributed by atoms with Crippen molar-refractivity contribution >= 4 is 34.3 Å². The van der Waals surface area contributed by atoms with Crippen molar-refractivity contribution in [3.63, 3.8) is 0 Å². The van der Waals surface area contributed by atoms with E-state index < -0.39 is 6.04 Å². The van der Waals surface area contributed by atoms with Crippen molar-refractivity contribution in [1.29, 1.82) is 0 Å². The molecule has 0 spiro atoms. The first-order valence-electron chi connectivity index (χ1n) is 11.5. The van der Waals surface area contributed by atoms with Gasteiger partial charge in [0, 0.05) is 30.1 Å². The molecule has 172 valence electrons. The van der Waals surface area contributed by atoms with Crippen molar-refractivity contribution in [2.45, 2.75) is 45.6 Å². The van der Waals surface area contributed by atoms with Gasteiger partial charge in [-0.25, -0.2) is 4.90 Å². The van der Waals surface area contributed by atoms with Crippen LogP contribution in [0.25, 0.3) is 10.9 Å². The Kier molecular flexibility index (Phi) is 6.77. The highest BCUT2D eigenvalue weighted by atomic mass is 16.5. The summed E-state index contributed by atoms with van der Waals surface area (Å²) in [6.07, 6.45) is 3.56. The second kappa shape index (κ2) is 9.90. The predicted octanol–water partition coefficient (Wildman–Crippen LogP) is 4.07. The molecule has 1 saturated heterocycles. The van der Waals surface area contributed by atoms with Crippen molar-refractivity contribution < 1.29 is 19.1 Å². The number of rotatable bonds is 9. The number of benzene rings is 2. The number of amides is 3. The molecule has 4 rings (SSSR count). The Balaban J connectivity index is 1.54. The molecule has 7 nitrogen and oxygen atoms in total. The molecule has 1 atom stereocenters. The number of ether oxygens (including phenoxy) is 1. The maximum atomic E-state index is 13.3. The standard InChI is InChI=1S/C26H29N3O4/c1-3-7-24(30)28(15-14-18-17-27-22-9-6-5-8-21(18)22)23-16-25(31)29(26(23)32)19-10-12-20(13-11-19)33-4-2/h5-6,8-13,17,23,27H,3-4,7,14-16H2,1-2H3. The van der Waals surface area contributed by atoms with Crippen LogP contribution >= 0.6 is 0 Å². The van der Waals surface area contributed by atoms with Gasteiger partial charge in [-0.15, -0.1) is 0 Å². The van der Waals surface area contributed by atoms with E-state index >= 15 is 0 Å². The Morgan fingerprint density at radius 1 is 1.12 bits per heavy atom. The van der Waals surface area contributed by atoms with Gasteiger partial charge in [-0.1, -0.05) is 25.1 Å². The Bertz CT molecular complexity index is 1150. The first-order chi connectivity index (χ1) is 16.0. The molecule has 3 aromatic rings. The van der Waals surface area contributed by atoms with Crippen LogP contribution in [-0.4, -0.2) is 46.8 Å². The lowest BCUT2D eigenvalue weighted by Crippen LogP contribution is -2.46. The van der Waals surface area contributed by atoms with Crippen molar-refractivity contribution in [3.8, 4) is 5.75 Å². The Labute approximate surface area is 193 Å². The zero-order valence-corrected chi connectivity index (χ0v) is 19.0. The van der Waals surface area contributed by atoms with Crippen LogP contribution in [0.15, 0.2) is 54.7 Å². The Morgan fingerprint density at radius 2 is 1.88 bits per heavy atom. The number of hydrogen-bond acceptors (Lipinski definition) is 4. The van der Waals surface area contributed by atoms with Gasteiger partial charge in [0.2, 0.25) is 11.8 Å². The summed E-state index contributed by atoms with van der Waals surface area (Å²) in [6, 6.07) is 14.1. The molecule has 1 N–H and O–H groups in total. The quantitative estimate of drug-likeness (QED) is 0.501. The molecule has 1 aromatic heterocycles. The van der Waals surface area contributed by atoms with Crippen molar-refractivity contribution in [1.82, 2.24) is 9.88 Å². The Morgan fingerprint density at radius 3 is 2.61 bits per heavy atom. The first-order valence-corrected chi connectivity index (χ1v) is 11.5. The van der Waals surface area contributed by atoms with Crippen molar-refractivity contribution in [2.24, 2.45) is 0 Å². The predicted molar refractivity (Wildman–Crippen MR) is 127 cm³/mol. The molecule has 2 aromatic carbocycles. The van der Waals surface area contributed by atoms with Crippen LogP contribution in [0, 0.1) is 0 Å². The molecule has 1 unspecified atom stereocenters. The van der Waals surface area contributed by atoms with E-state index in [-0.39, 0.29) is 24.1 Å². The van der Waals surface area contributed by atoms with Crippen LogP contribution in [0.1, 0.15) is 38.7 Å². The summed E-state index contributed by atoms with van der Waals surface area (Å²) in [5.41, 5.74) is 2.61. The molecule has 1 aliphatic heterocycles. The minimum atomic E-state index is -0.784. The highest BCUT2D eigenvalue weighted by Gasteiger charge is 2.44. The van der Waals surface area contributed by atoms with Gasteiger partial charge < -0.3 is 14.6 Å². The minimum Gasteiger partial charge on any atom is -0.494 e. The number of nitrogens with one attached hydrogen (secondary N) is 1. The van der Waals surface area contributed by atoms with Gasteiger partial charge in [0.15, 0.2) is 0 Å². The number of nitrogens with zero attached hydrogens (tertiary/aromatic N) is 2. The van der Waals surface area contributed by atoms with Gasteiger partial charge in [-0.05, 0) is 55.7 Å². The SMILES string of the molecule is CCCC(=O)N(CCc1c[nH]c2ccccc12)C1CC(=O)N(c2ccc(OCC)cc2)C1=O. The number of imide groups is 1. The summed E-state index contributed by atoms with van der Waals surface area (Å²) in [5, 5.41) is 1.10. The third kappa shape index (κ3) is 4.62. The highest BCUT2D eigenvalue weighted by Crippen LogP contribution is 2.28. The average molecular weight is 448 g/mol. The minimum absolute atomic E-state index is 0.00458. The molecule has 7 heteroatoms. The molecule has 33 heavy (non-hydrogen) atoms. The van der Waals surface area contributed by atoms with E-state index in [0.717, 1.165) is 16.5 Å². The largest absolute Gasteiger partial charge is 0.494 e. The average Bonchev–Trinajstić information content (AvgIpc) is 3.35. The fourth-order valence-electron chi connectivity index (χ4n) is 4.38. The van der Waals surface area contributed by atoms with E-state index in [1.54, 1.807) is 29.2 Å². The van der Waals surface area contributed by atoms with E-state index in [1.807, 2.05) is 44.3 Å². The fraction of sp³-hybridized carbons (Fsp3) is 0.346. The molecular weight excluding hydrogens is 418 g/mol. The summed E-state index contributed by atoms with van der Waals surface area (Å²) in [4.78, 5) is 45.2. The van der Waals surface area contributed by atoms with E-state index in [1.165, 1.54) is 4.90 Å². The number of carbonyl (C=O) groups is 3. The van der Waals surface area contributed by atoms with Crippen LogP contribution in [0.2, 0.25) is 0 Å². The monoisotopic (exact) mass is 447 g/mol. The van der Waals surface area contributed by atoms with Crippen LogP contribution in [-0.2, 0) is 20.8 Å². The topological polar surface area (TPSA) is 82.7 Å². The maximum absolute atomic E-state index is 13.3. The summed E-state index contributed by atoms with van der Waals surface area (Å²) in [7, 11) is 0. The van der Waals surface area contributed by atoms with Gasteiger partial charge >= 0.3 is 0 Å². The lowest BCUT2D eigenvalue weighted by atomic mass is 10.1. The van der Waals surface area contributed by atoms with Crippen LogP contribution < -0.4 is 9.64 Å². The van der Waals surface area contributed by atoms with Gasteiger partial charge in [0.25, 0.3) is 5.91 Å². The third-order valence-electron chi connectivity index (χ3n) is 5.99. The number of aromatic amines is 1. The number of para-hydroxylation sites is 1. The van der Waals surface area contributed by atoms with Crippen molar-refractivity contribution in [2.75, 3.05) is 18.1 Å². The molecule has 0 saturated carbocycles. The molecule has 1 fully saturated rings. The normalized spacial score (nSPS) is 15.9. The fourth-order valence-corrected chi connectivity index (χ4v) is 4.38. The smallest absolute Gasteiger partial charge is 0.257 e. The maximum Gasteiger partial charge on any atom is 0.257 e. The highest BCUT2D eigenvalue weighted by molar-refractivity contribution is 6.23. The van der Waals surface area contributed by atoms with Crippen molar-refractivity contribution in [3.05, 3.63) is 60.3 Å². The first kappa shape index (κ1) is 22.6. The van der Waals surface area contributed by atoms with Crippen LogP contribution in [0.4, 0.5) is 5.69 Å². The molecule has 2 heterocycles. The Hall–Kier alpha value is -3.61. The molecular formula is C26H29N3O4. The van der Waals surface area contributed by atoms with Gasteiger partial charge in [0.1, 0.15) is 11.8 Å². The lowest BCUT2D eigenvalue weighted by Gasteiger charge is -2.27. The number of H-pyrrole nitrogens is 1. The zero-order chi connectivity index (χ0) is 23.4. The third-order valence-corrected chi connectivity index (χ3v) is 5.99. The van der Waals surface area contributed by atoms with E-state index in [9.17, 15) is 14.4 Å². The molecule has 0 bridgehead atoms. The second-order valence-corrected chi connectivity index (χ2v) is 8.16. The number of aromatic nitrogens is 1.